The van der Waals surface area contributed by atoms with Gasteiger partial charge in [-0.1, -0.05) is 112 Å². The van der Waals surface area contributed by atoms with Gasteiger partial charge in [0, 0.05) is 30.4 Å². The summed E-state index contributed by atoms with van der Waals surface area (Å²) in [5.74, 6) is -0.0721. The van der Waals surface area contributed by atoms with Gasteiger partial charge in [0.05, 0.1) is 33.2 Å². The van der Waals surface area contributed by atoms with Gasteiger partial charge in [-0.25, -0.2) is 0 Å². The van der Waals surface area contributed by atoms with Crippen molar-refractivity contribution in [2.24, 2.45) is 5.92 Å². The molecule has 1 saturated heterocycles. The highest BCUT2D eigenvalue weighted by atomic mass is 79.9. The highest BCUT2D eigenvalue weighted by molar-refractivity contribution is 9.11. The van der Waals surface area contributed by atoms with Crippen molar-refractivity contribution in [3.05, 3.63) is 215 Å². The van der Waals surface area contributed by atoms with E-state index >= 15 is 0 Å². The largest absolute Gasteiger partial charge is 0.377 e. The Kier molecular flexibility index (Phi) is 4.68. The predicted octanol–water partition coefficient (Wildman–Crippen LogP) is 23.3. The molecule has 93 heavy (non-hydrogen) atoms. The van der Waals surface area contributed by atoms with Crippen LogP contribution in [0.3, 0.4) is 0 Å². The summed E-state index contributed by atoms with van der Waals surface area (Å²) in [6.07, 6.45) is 2.03. The molecule has 0 bridgehead atoms. The molecule has 25 aromatic carbocycles. The summed E-state index contributed by atoms with van der Waals surface area (Å²) < 4.78 is 12.7. The highest BCUT2D eigenvalue weighted by Crippen LogP contribution is 2.93. The maximum atomic E-state index is 8.09. The van der Waals surface area contributed by atoms with Gasteiger partial charge in [0.1, 0.15) is 0 Å². The monoisotopic (exact) mass is 1410 g/mol. The number of rotatable bonds is 5. The molecule has 11 aliphatic carbocycles. The van der Waals surface area contributed by atoms with Gasteiger partial charge >= 0.3 is 0 Å². The van der Waals surface area contributed by atoms with Gasteiger partial charge < -0.3 is 4.74 Å². The average Bonchev–Trinajstić information content (AvgIpc) is 1.37. The number of hydrogen-bond acceptors (Lipinski definition) is 1. The first-order chi connectivity index (χ1) is 45.9. The molecule has 5 heteroatoms. The summed E-state index contributed by atoms with van der Waals surface area (Å²) in [6, 6.07) is 40.7. The number of allylic oxidation sites excluding steroid dienone is 3. The van der Waals surface area contributed by atoms with Crippen molar-refractivity contribution < 1.29 is 4.74 Å². The zero-order valence-electron chi connectivity index (χ0n) is 47.9. The Morgan fingerprint density at radius 1 is 0.247 bits per heavy atom. The van der Waals surface area contributed by atoms with Crippen LogP contribution in [0.4, 0.5) is 0 Å². The second kappa shape index (κ2) is 10.5. The lowest BCUT2D eigenvalue weighted by Crippen LogP contribution is -2.57. The van der Waals surface area contributed by atoms with E-state index in [2.05, 4.69) is 161 Å². The fraction of sp³-hybridized carbons (Fsp3) is 0.114. The molecule has 0 radical (unpaired) electrons. The Morgan fingerprint density at radius 3 is 0.796 bits per heavy atom. The molecule has 0 spiro atoms. The van der Waals surface area contributed by atoms with Crippen molar-refractivity contribution in [3.8, 4) is 0 Å². The highest BCUT2D eigenvalue weighted by Gasteiger charge is 2.83. The van der Waals surface area contributed by atoms with Gasteiger partial charge in [-0.2, -0.15) is 0 Å². The molecule has 0 N–H and O–H groups in total. The molecule has 1 nitrogen and oxygen atoms in total. The second-order valence-corrected chi connectivity index (χ2v) is 35.8. The number of ether oxygens (including phenoxy) is 1. The minimum Gasteiger partial charge on any atom is -0.377 e. The van der Waals surface area contributed by atoms with Crippen LogP contribution in [0, 0.1) is 5.92 Å². The third kappa shape index (κ3) is 2.66. The van der Waals surface area contributed by atoms with Crippen LogP contribution in [0.1, 0.15) is 90.7 Å². The third-order valence-electron chi connectivity index (χ3n) is 31.2. The smallest absolute Gasteiger partial charge is 0.0754 e. The van der Waals surface area contributed by atoms with E-state index in [0.29, 0.717) is 0 Å². The van der Waals surface area contributed by atoms with Crippen molar-refractivity contribution in [2.75, 3.05) is 6.61 Å². The SMILES string of the molecule is Brc1ccc(C23C4=C5C6C7=C4C4(C8CCCO8)c8c2c2c9c3c3c%10c%11c(c%12c%13c%14c(c%15c%16c%17c(c4c4c8c8c2c2c%18c9c%10c9c%10c%11c%13c%11c%13c%14c%16c%14c%16c%17c4c4c8c2c2c(c%189)c(c%10%11)c(c%14%13)c2c%164)C7%15c2ccc(Br)cc2)C%126c2ccc(Br)cc2)C53c2ccc(Br)cc2)cc1. The molecule has 7 atom stereocenters. The summed E-state index contributed by atoms with van der Waals surface area (Å²) >= 11 is 16.6. The van der Waals surface area contributed by atoms with Crippen molar-refractivity contribution in [2.45, 2.75) is 46.0 Å². The van der Waals surface area contributed by atoms with Crippen LogP contribution in [0.15, 0.2) is 137 Å². The molecule has 410 valence electrons. The van der Waals surface area contributed by atoms with E-state index in [4.69, 9.17) is 4.74 Å². The van der Waals surface area contributed by atoms with Gasteiger partial charge in [-0.15, -0.1) is 0 Å². The molecular formula is C88H24Br4O. The van der Waals surface area contributed by atoms with Gasteiger partial charge in [-0.3, -0.25) is 0 Å². The average molecular weight is 1420 g/mol. The van der Waals surface area contributed by atoms with E-state index < -0.39 is 27.1 Å². The Morgan fingerprint density at radius 2 is 0.484 bits per heavy atom. The van der Waals surface area contributed by atoms with Crippen LogP contribution in [-0.4, -0.2) is 12.7 Å². The Bertz CT molecular complexity index is 8470. The minimum absolute atomic E-state index is 0.0670. The summed E-state index contributed by atoms with van der Waals surface area (Å²) in [5, 5.41) is 64.5. The molecule has 1 fully saturated rings. The van der Waals surface area contributed by atoms with Gasteiger partial charge in [-0.05, 0) is 377 Å². The molecule has 1 aliphatic heterocycles. The molecule has 12 aliphatic rings. The lowest BCUT2D eigenvalue weighted by atomic mass is 9.40. The number of benzene rings is 19. The van der Waals surface area contributed by atoms with E-state index in [-0.39, 0.29) is 12.0 Å². The molecule has 0 saturated carbocycles. The van der Waals surface area contributed by atoms with Crippen LogP contribution in [0.25, 0.3) is 215 Å². The van der Waals surface area contributed by atoms with Gasteiger partial charge in [0.15, 0.2) is 0 Å². The zero-order valence-corrected chi connectivity index (χ0v) is 54.3. The lowest BCUT2D eigenvalue weighted by Gasteiger charge is -2.60. The molecule has 0 amide bonds. The van der Waals surface area contributed by atoms with E-state index in [0.717, 1.165) is 37.3 Å². The van der Waals surface area contributed by atoms with Crippen LogP contribution >= 0.6 is 63.7 Å². The van der Waals surface area contributed by atoms with E-state index in [1.807, 2.05) is 0 Å². The maximum absolute atomic E-state index is 8.09. The molecule has 25 aromatic rings. The first-order valence-electron chi connectivity index (χ1n) is 33.9. The molecule has 7 unspecified atom stereocenters. The fourth-order valence-corrected chi connectivity index (χ4v) is 31.8. The Balaban J connectivity index is 1.04. The summed E-state index contributed by atoms with van der Waals surface area (Å²) in [6.45, 7) is 0.789. The van der Waals surface area contributed by atoms with Crippen molar-refractivity contribution in [1.29, 1.82) is 0 Å². The Hall–Kier alpha value is -8.26. The van der Waals surface area contributed by atoms with Crippen LogP contribution in [-0.2, 0) is 31.8 Å². The standard InChI is InChI=1S/C88H24Br4O/c89-24-11-3-20(4-12-24)84-69-59-49-39-34-29-30-32-33-31(29)36-42-40(34)50(49)60-62-52(42)54-44(36)46-38(33)48-47-37(32)45-43-35(30)41(39)51-53(43)63-65-55(45)57(47)67-68-58(48)56(46)66-64(54)74-72(62)85(70(60)69,21-5-13-25(90)14-6-21)80-79(84)81-83-82(80)87(74,23-9-17-27(92)18-10-23)76(66)78(68)88(83,28-2-1-19-93-28)77(67)75(65)86(81,73(63)71(84)61(51)59)22-7-15-26(91)16-8-22/h3-18,28,79H,1-2,19H2. The fourth-order valence-electron chi connectivity index (χ4n) is 30.8. The van der Waals surface area contributed by atoms with Gasteiger partial charge in [0.2, 0.25) is 0 Å². The Labute approximate surface area is 552 Å². The van der Waals surface area contributed by atoms with Crippen molar-refractivity contribution in [3.63, 3.8) is 0 Å². The van der Waals surface area contributed by atoms with Crippen LogP contribution in [0.2, 0.25) is 0 Å². The molecule has 37 rings (SSSR count). The first-order valence-corrected chi connectivity index (χ1v) is 37.1. The lowest BCUT2D eigenvalue weighted by molar-refractivity contribution is 0.0697. The van der Waals surface area contributed by atoms with E-state index in [1.165, 1.54) is 22.3 Å². The van der Waals surface area contributed by atoms with E-state index in [9.17, 15) is 0 Å². The van der Waals surface area contributed by atoms with Gasteiger partial charge in [0.25, 0.3) is 0 Å². The quantitative estimate of drug-likeness (QED) is 0.156. The maximum Gasteiger partial charge on any atom is 0.0754 e. The second-order valence-electron chi connectivity index (χ2n) is 32.2. The van der Waals surface area contributed by atoms with Crippen molar-refractivity contribution >= 4 is 279 Å². The summed E-state index contributed by atoms with van der Waals surface area (Å²) in [7, 11) is 0. The molecular weight excluding hydrogens is 1390 g/mol. The summed E-state index contributed by atoms with van der Waals surface area (Å²) in [5.41, 5.74) is 25.9. The minimum atomic E-state index is -0.673. The van der Waals surface area contributed by atoms with Crippen LogP contribution in [0.5, 0.6) is 0 Å². The van der Waals surface area contributed by atoms with Crippen molar-refractivity contribution in [1.82, 2.24) is 0 Å². The zero-order chi connectivity index (χ0) is 57.6. The van der Waals surface area contributed by atoms with Crippen LogP contribution < -0.4 is 0 Å². The normalized spacial score (nSPS) is 28.0. The number of hydrogen-bond donors (Lipinski definition) is 0. The number of halogens is 4. The molecule has 0 aromatic heterocycles. The van der Waals surface area contributed by atoms with E-state index in [1.54, 1.807) is 293 Å². The predicted molar refractivity (Wildman–Crippen MR) is 391 cm³/mol. The topological polar surface area (TPSA) is 9.23 Å². The molecule has 1 heterocycles. The third-order valence-corrected chi connectivity index (χ3v) is 33.4. The first kappa shape index (κ1) is 41.4. The summed E-state index contributed by atoms with van der Waals surface area (Å²) in [4.78, 5) is 0.